The maximum absolute atomic E-state index is 13.1. The molecular weight excluding hydrogens is 608 g/mol. The fourth-order valence-electron chi connectivity index (χ4n) is 3.98. The second kappa shape index (κ2) is 11.4. The van der Waals surface area contributed by atoms with Crippen LogP contribution in [0.1, 0.15) is 41.4 Å². The van der Waals surface area contributed by atoms with Crippen molar-refractivity contribution in [1.82, 2.24) is 0 Å². The van der Waals surface area contributed by atoms with Crippen LogP contribution in [0.4, 0.5) is 0 Å². The summed E-state index contributed by atoms with van der Waals surface area (Å²) in [6.07, 6.45) is 0. The Labute approximate surface area is 242 Å². The molecule has 0 radical (unpaired) electrons. The van der Waals surface area contributed by atoms with E-state index in [1.807, 2.05) is 0 Å². The molecular formula is C28H18O13S2. The van der Waals surface area contributed by atoms with E-state index in [4.69, 9.17) is 9.84 Å². The third-order valence-electron chi connectivity index (χ3n) is 6.03. The number of carbonyl (C=O) groups is 4. The summed E-state index contributed by atoms with van der Waals surface area (Å²) in [4.78, 5) is 44.1. The van der Waals surface area contributed by atoms with Gasteiger partial charge in [-0.1, -0.05) is 6.07 Å². The maximum Gasteiger partial charge on any atom is 0.337 e. The molecule has 0 aliphatic carbocycles. The molecule has 0 atom stereocenters. The highest BCUT2D eigenvalue weighted by Gasteiger charge is 2.29. The largest absolute Gasteiger partial charge is 0.478 e. The quantitative estimate of drug-likeness (QED) is 0.196. The zero-order chi connectivity index (χ0) is 31.7. The molecule has 15 heteroatoms. The van der Waals surface area contributed by atoms with Gasteiger partial charge < -0.3 is 25.2 Å². The average Bonchev–Trinajstić information content (AvgIpc) is 2.96. The number of carboxylic acids is 4. The lowest BCUT2D eigenvalue weighted by molar-refractivity contribution is 0.0648. The minimum atomic E-state index is -4.46. The van der Waals surface area contributed by atoms with Crippen LogP contribution in [0.5, 0.6) is 11.5 Å². The predicted octanol–water partition coefficient (Wildman–Crippen LogP) is 3.94. The van der Waals surface area contributed by atoms with Crippen LogP contribution in [0, 0.1) is 0 Å². The van der Waals surface area contributed by atoms with Gasteiger partial charge in [0, 0.05) is 0 Å². The summed E-state index contributed by atoms with van der Waals surface area (Å²) in [7, 11) is -8.71. The smallest absolute Gasteiger partial charge is 0.337 e. The molecule has 4 aromatic rings. The van der Waals surface area contributed by atoms with Crippen LogP contribution >= 0.6 is 0 Å². The first-order chi connectivity index (χ1) is 20.1. The number of aromatic carboxylic acids is 4. The van der Waals surface area contributed by atoms with Gasteiger partial charge in [-0.25, -0.2) is 36.0 Å². The van der Waals surface area contributed by atoms with Crippen molar-refractivity contribution >= 4 is 43.6 Å². The molecule has 220 valence electrons. The third-order valence-corrected chi connectivity index (χ3v) is 9.61. The van der Waals surface area contributed by atoms with Crippen molar-refractivity contribution in [2.45, 2.75) is 19.6 Å². The molecule has 4 rings (SSSR count). The SMILES string of the molecule is O=C(O)c1ccc(S(=O)(=O)c2ccc(Oc3ccc(S(=O)(=O)c4cccc(C(=O)O)c4C(=O)O)cc3)cc2)cc1C(=O)O. The van der Waals surface area contributed by atoms with Gasteiger partial charge in [0.1, 0.15) is 11.5 Å². The first-order valence-corrected chi connectivity index (χ1v) is 14.7. The minimum absolute atomic E-state index is 0.114. The molecule has 43 heavy (non-hydrogen) atoms. The van der Waals surface area contributed by atoms with E-state index in [0.717, 1.165) is 60.7 Å². The lowest BCUT2D eigenvalue weighted by Crippen LogP contribution is -2.15. The Morgan fingerprint density at radius 1 is 0.488 bits per heavy atom. The molecule has 0 bridgehead atoms. The van der Waals surface area contributed by atoms with Gasteiger partial charge in [-0.3, -0.25) is 0 Å². The molecule has 0 fully saturated rings. The predicted molar refractivity (Wildman–Crippen MR) is 145 cm³/mol. The van der Waals surface area contributed by atoms with Gasteiger partial charge in [-0.15, -0.1) is 0 Å². The van der Waals surface area contributed by atoms with Gasteiger partial charge in [-0.2, -0.15) is 0 Å². The summed E-state index contributed by atoms with van der Waals surface area (Å²) >= 11 is 0. The minimum Gasteiger partial charge on any atom is -0.478 e. The van der Waals surface area contributed by atoms with Gasteiger partial charge in [0.05, 0.1) is 41.8 Å². The van der Waals surface area contributed by atoms with Crippen LogP contribution < -0.4 is 4.74 Å². The van der Waals surface area contributed by atoms with Crippen molar-refractivity contribution in [3.05, 3.63) is 107 Å². The van der Waals surface area contributed by atoms with E-state index in [1.54, 1.807) is 0 Å². The number of hydrogen-bond acceptors (Lipinski definition) is 9. The second-order valence-electron chi connectivity index (χ2n) is 8.66. The van der Waals surface area contributed by atoms with Gasteiger partial charge in [0.15, 0.2) is 0 Å². The van der Waals surface area contributed by atoms with Crippen LogP contribution in [0.3, 0.4) is 0 Å². The Kier molecular flexibility index (Phi) is 8.05. The molecule has 0 amide bonds. The van der Waals surface area contributed by atoms with Crippen LogP contribution in [0.25, 0.3) is 0 Å². The van der Waals surface area contributed by atoms with Gasteiger partial charge in [0.25, 0.3) is 0 Å². The molecule has 0 unspecified atom stereocenters. The number of benzene rings is 4. The number of sulfone groups is 2. The van der Waals surface area contributed by atoms with E-state index in [2.05, 4.69) is 0 Å². The lowest BCUT2D eigenvalue weighted by atomic mass is 10.1. The van der Waals surface area contributed by atoms with Crippen molar-refractivity contribution in [2.24, 2.45) is 0 Å². The van der Waals surface area contributed by atoms with Crippen molar-refractivity contribution in [3.63, 3.8) is 0 Å². The Hall–Kier alpha value is -5.54. The normalized spacial score (nSPS) is 11.4. The molecule has 0 saturated carbocycles. The lowest BCUT2D eigenvalue weighted by Gasteiger charge is -2.12. The van der Waals surface area contributed by atoms with E-state index in [1.165, 1.54) is 24.3 Å². The molecule has 0 aliphatic rings. The highest BCUT2D eigenvalue weighted by Crippen LogP contribution is 2.31. The van der Waals surface area contributed by atoms with Crippen molar-refractivity contribution in [1.29, 1.82) is 0 Å². The molecule has 0 spiro atoms. The molecule has 4 N–H and O–H groups in total. The summed E-state index contributed by atoms with van der Waals surface area (Å²) in [6.45, 7) is 0. The summed E-state index contributed by atoms with van der Waals surface area (Å²) < 4.78 is 58.0. The maximum atomic E-state index is 13.1. The summed E-state index contributed by atoms with van der Waals surface area (Å²) in [6, 6.07) is 15.3. The fraction of sp³-hybridized carbons (Fsp3) is 0. The molecule has 0 heterocycles. The molecule has 0 aromatic heterocycles. The van der Waals surface area contributed by atoms with E-state index >= 15 is 0 Å². The monoisotopic (exact) mass is 626 g/mol. The first kappa shape index (κ1) is 30.4. The van der Waals surface area contributed by atoms with Crippen molar-refractivity contribution < 1.29 is 61.2 Å². The highest BCUT2D eigenvalue weighted by molar-refractivity contribution is 7.91. The fourth-order valence-corrected chi connectivity index (χ4v) is 6.74. The molecule has 0 saturated heterocycles. The molecule has 4 aromatic carbocycles. The standard InChI is InChI=1S/C28H18O13S2/c29-25(30)20-13-12-19(14-22(20)27(33)34)42(37,38)17-8-4-15(5-9-17)41-16-6-10-18(11-7-16)43(39,40)23-3-1-2-21(26(31)32)24(23)28(35)36/h1-14H,(H,29,30)(H,31,32)(H,33,34)(H,35,36). The van der Waals surface area contributed by atoms with E-state index < -0.39 is 75.6 Å². The van der Waals surface area contributed by atoms with E-state index in [9.17, 15) is 51.3 Å². The van der Waals surface area contributed by atoms with Crippen molar-refractivity contribution in [2.75, 3.05) is 0 Å². The van der Waals surface area contributed by atoms with Gasteiger partial charge in [-0.05, 0) is 78.9 Å². The number of rotatable bonds is 10. The van der Waals surface area contributed by atoms with Crippen LogP contribution in [-0.4, -0.2) is 61.1 Å². The molecule has 13 nitrogen and oxygen atoms in total. The number of carboxylic acid groups (broad SMARTS) is 4. The van der Waals surface area contributed by atoms with Crippen molar-refractivity contribution in [3.8, 4) is 11.5 Å². The van der Waals surface area contributed by atoms with Gasteiger partial charge in [0.2, 0.25) is 19.7 Å². The van der Waals surface area contributed by atoms with Crippen LogP contribution in [0.15, 0.2) is 105 Å². The topological polar surface area (TPSA) is 227 Å². The average molecular weight is 627 g/mol. The zero-order valence-electron chi connectivity index (χ0n) is 21.4. The Bertz CT molecular complexity index is 2010. The zero-order valence-corrected chi connectivity index (χ0v) is 23.0. The second-order valence-corrected chi connectivity index (χ2v) is 12.5. The first-order valence-electron chi connectivity index (χ1n) is 11.7. The molecule has 0 aliphatic heterocycles. The highest BCUT2D eigenvalue weighted by atomic mass is 32.2. The Balaban J connectivity index is 1.58. The third kappa shape index (κ3) is 5.93. The van der Waals surface area contributed by atoms with Crippen LogP contribution in [0.2, 0.25) is 0 Å². The number of ether oxygens (including phenoxy) is 1. The van der Waals surface area contributed by atoms with E-state index in [0.29, 0.717) is 0 Å². The summed E-state index contributed by atoms with van der Waals surface area (Å²) in [5.74, 6) is -6.26. The van der Waals surface area contributed by atoms with Crippen LogP contribution in [-0.2, 0) is 19.7 Å². The summed E-state index contributed by atoms with van der Waals surface area (Å²) in [5.41, 5.74) is -2.86. The summed E-state index contributed by atoms with van der Waals surface area (Å²) in [5, 5.41) is 37.2. The Morgan fingerprint density at radius 3 is 1.42 bits per heavy atom. The Morgan fingerprint density at radius 2 is 0.953 bits per heavy atom. The number of hydrogen-bond donors (Lipinski definition) is 4. The van der Waals surface area contributed by atoms with E-state index in [-0.39, 0.29) is 21.3 Å². The van der Waals surface area contributed by atoms with Gasteiger partial charge >= 0.3 is 23.9 Å².